The highest BCUT2D eigenvalue weighted by molar-refractivity contribution is 5.96. The Balaban J connectivity index is 1.37. The van der Waals surface area contributed by atoms with Gasteiger partial charge >= 0.3 is 0 Å². The minimum Gasteiger partial charge on any atom is -0.455 e. The van der Waals surface area contributed by atoms with Crippen LogP contribution in [0.15, 0.2) is 77.2 Å². The summed E-state index contributed by atoms with van der Waals surface area (Å²) in [7, 11) is 1.84. The van der Waals surface area contributed by atoms with Gasteiger partial charge in [0.05, 0.1) is 6.54 Å². The lowest BCUT2D eigenvalue weighted by Gasteiger charge is -2.27. The van der Waals surface area contributed by atoms with Gasteiger partial charge in [-0.3, -0.25) is 9.59 Å². The van der Waals surface area contributed by atoms with E-state index in [0.717, 1.165) is 18.5 Å². The fourth-order valence-corrected chi connectivity index (χ4v) is 5.33. The standard InChI is InChI=1S/C28H31N3O3/c1-29-17-24-12-13-26(34-24)28(33)31-19-23(21-10-6-3-7-11-21)16-25(31)27(32)30-15-14-22(18-30)20-8-4-2-5-9-20/h2-13,22-23,25,29H,14-19H2,1H3/t22?,23-,25-/m0/s1. The molecular weight excluding hydrogens is 426 g/mol. The Morgan fingerprint density at radius 1 is 0.912 bits per heavy atom. The summed E-state index contributed by atoms with van der Waals surface area (Å²) in [5.41, 5.74) is 2.43. The Labute approximate surface area is 200 Å². The number of hydrogen-bond acceptors (Lipinski definition) is 4. The maximum atomic E-state index is 13.7. The molecule has 1 N–H and O–H groups in total. The molecule has 3 atom stereocenters. The second-order valence-corrected chi connectivity index (χ2v) is 9.29. The summed E-state index contributed by atoms with van der Waals surface area (Å²) in [4.78, 5) is 30.9. The summed E-state index contributed by atoms with van der Waals surface area (Å²) < 4.78 is 5.79. The van der Waals surface area contributed by atoms with E-state index in [2.05, 4.69) is 29.6 Å². The van der Waals surface area contributed by atoms with Gasteiger partial charge in [-0.05, 0) is 43.1 Å². The third-order valence-electron chi connectivity index (χ3n) is 7.11. The van der Waals surface area contributed by atoms with E-state index in [9.17, 15) is 9.59 Å². The second-order valence-electron chi connectivity index (χ2n) is 9.29. The van der Waals surface area contributed by atoms with Crippen LogP contribution in [0.4, 0.5) is 0 Å². The zero-order valence-electron chi connectivity index (χ0n) is 19.5. The highest BCUT2D eigenvalue weighted by atomic mass is 16.4. The first kappa shape index (κ1) is 22.4. The summed E-state index contributed by atoms with van der Waals surface area (Å²) in [5, 5.41) is 3.04. The van der Waals surface area contributed by atoms with E-state index in [-0.39, 0.29) is 17.7 Å². The Morgan fingerprint density at radius 2 is 1.59 bits per heavy atom. The van der Waals surface area contributed by atoms with Crippen LogP contribution >= 0.6 is 0 Å². The average molecular weight is 458 g/mol. The molecule has 0 bridgehead atoms. The van der Waals surface area contributed by atoms with Crippen molar-refractivity contribution >= 4 is 11.8 Å². The van der Waals surface area contributed by atoms with Crippen molar-refractivity contribution in [1.82, 2.24) is 15.1 Å². The van der Waals surface area contributed by atoms with Crippen LogP contribution in [0, 0.1) is 0 Å². The molecular formula is C28H31N3O3. The molecule has 2 aromatic carbocycles. The van der Waals surface area contributed by atoms with E-state index in [1.54, 1.807) is 11.0 Å². The highest BCUT2D eigenvalue weighted by Gasteiger charge is 2.44. The molecule has 6 nitrogen and oxygen atoms in total. The van der Waals surface area contributed by atoms with Gasteiger partial charge in [0.2, 0.25) is 5.91 Å². The molecule has 1 unspecified atom stereocenters. The van der Waals surface area contributed by atoms with Crippen molar-refractivity contribution in [2.45, 2.75) is 37.3 Å². The number of nitrogens with zero attached hydrogens (tertiary/aromatic N) is 2. The minimum atomic E-state index is -0.481. The number of furan rings is 1. The fraction of sp³-hybridized carbons (Fsp3) is 0.357. The van der Waals surface area contributed by atoms with Crippen LogP contribution in [-0.2, 0) is 11.3 Å². The van der Waals surface area contributed by atoms with Gasteiger partial charge in [0.25, 0.3) is 5.91 Å². The summed E-state index contributed by atoms with van der Waals surface area (Å²) in [5.74, 6) is 1.30. The molecule has 2 aliphatic rings. The van der Waals surface area contributed by atoms with E-state index in [0.29, 0.717) is 43.5 Å². The first-order valence-corrected chi connectivity index (χ1v) is 12.1. The molecule has 0 aliphatic carbocycles. The van der Waals surface area contributed by atoms with Gasteiger partial charge in [-0.1, -0.05) is 60.7 Å². The topological polar surface area (TPSA) is 65.8 Å². The van der Waals surface area contributed by atoms with Crippen LogP contribution < -0.4 is 5.32 Å². The molecule has 34 heavy (non-hydrogen) atoms. The molecule has 5 rings (SSSR count). The predicted molar refractivity (Wildman–Crippen MR) is 130 cm³/mol. The normalized spacial score (nSPS) is 22.3. The van der Waals surface area contributed by atoms with Crippen LogP contribution in [0.5, 0.6) is 0 Å². The van der Waals surface area contributed by atoms with E-state index >= 15 is 0 Å². The molecule has 2 fully saturated rings. The van der Waals surface area contributed by atoms with Crippen molar-refractivity contribution < 1.29 is 14.0 Å². The number of hydrogen-bond donors (Lipinski definition) is 1. The largest absolute Gasteiger partial charge is 0.455 e. The molecule has 3 heterocycles. The quantitative estimate of drug-likeness (QED) is 0.607. The molecule has 3 aromatic rings. The maximum Gasteiger partial charge on any atom is 0.290 e. The SMILES string of the molecule is CNCc1ccc(C(=O)N2C[C@@H](c3ccccc3)C[C@H]2C(=O)N2CCC(c3ccccc3)C2)o1. The highest BCUT2D eigenvalue weighted by Crippen LogP contribution is 2.36. The molecule has 2 aliphatic heterocycles. The fourth-order valence-electron chi connectivity index (χ4n) is 5.33. The third-order valence-corrected chi connectivity index (χ3v) is 7.11. The minimum absolute atomic E-state index is 0.0483. The lowest BCUT2D eigenvalue weighted by molar-refractivity contribution is -0.134. The molecule has 6 heteroatoms. The number of carbonyl (C=O) groups is 2. The lowest BCUT2D eigenvalue weighted by atomic mass is 9.96. The number of carbonyl (C=O) groups excluding carboxylic acids is 2. The first-order chi connectivity index (χ1) is 16.6. The molecule has 176 valence electrons. The van der Waals surface area contributed by atoms with E-state index in [1.165, 1.54) is 5.56 Å². The molecule has 1 aromatic heterocycles. The van der Waals surface area contributed by atoms with Crippen molar-refractivity contribution in [3.05, 3.63) is 95.4 Å². The molecule has 0 saturated carbocycles. The van der Waals surface area contributed by atoms with Crippen LogP contribution in [0.1, 0.15) is 52.1 Å². The first-order valence-electron chi connectivity index (χ1n) is 12.1. The average Bonchev–Trinajstić information content (AvgIpc) is 3.64. The maximum absolute atomic E-state index is 13.7. The second kappa shape index (κ2) is 9.85. The zero-order valence-corrected chi connectivity index (χ0v) is 19.5. The van der Waals surface area contributed by atoms with Crippen molar-refractivity contribution in [1.29, 1.82) is 0 Å². The summed E-state index contributed by atoms with van der Waals surface area (Å²) >= 11 is 0. The van der Waals surface area contributed by atoms with Gasteiger partial charge in [0.15, 0.2) is 5.76 Å². The Hall–Kier alpha value is -3.38. The van der Waals surface area contributed by atoms with E-state index in [4.69, 9.17) is 4.42 Å². The van der Waals surface area contributed by atoms with Crippen molar-refractivity contribution in [2.75, 3.05) is 26.7 Å². The van der Waals surface area contributed by atoms with Gasteiger partial charge in [0, 0.05) is 31.5 Å². The van der Waals surface area contributed by atoms with Gasteiger partial charge < -0.3 is 19.5 Å². The van der Waals surface area contributed by atoms with E-state index < -0.39 is 6.04 Å². The van der Waals surface area contributed by atoms with Gasteiger partial charge in [0.1, 0.15) is 11.8 Å². The lowest BCUT2D eigenvalue weighted by Crippen LogP contribution is -2.47. The Morgan fingerprint density at radius 3 is 2.26 bits per heavy atom. The van der Waals surface area contributed by atoms with Gasteiger partial charge in [-0.15, -0.1) is 0 Å². The van der Waals surface area contributed by atoms with Gasteiger partial charge in [-0.25, -0.2) is 0 Å². The number of likely N-dealkylation sites (tertiary alicyclic amines) is 2. The molecule has 2 amide bonds. The number of amides is 2. The van der Waals surface area contributed by atoms with Crippen LogP contribution in [0.25, 0.3) is 0 Å². The predicted octanol–water partition coefficient (Wildman–Crippen LogP) is 4.01. The van der Waals surface area contributed by atoms with Crippen LogP contribution in [0.3, 0.4) is 0 Å². The zero-order chi connectivity index (χ0) is 23.5. The van der Waals surface area contributed by atoms with Crippen molar-refractivity contribution in [3.63, 3.8) is 0 Å². The van der Waals surface area contributed by atoms with Gasteiger partial charge in [-0.2, -0.15) is 0 Å². The molecule has 0 spiro atoms. The summed E-state index contributed by atoms with van der Waals surface area (Å²) in [6, 6.07) is 23.6. The van der Waals surface area contributed by atoms with Crippen molar-refractivity contribution in [2.24, 2.45) is 0 Å². The number of benzene rings is 2. The molecule has 2 saturated heterocycles. The third kappa shape index (κ3) is 4.50. The summed E-state index contributed by atoms with van der Waals surface area (Å²) in [6.45, 7) is 2.48. The Bertz CT molecular complexity index is 1130. The van der Waals surface area contributed by atoms with Crippen molar-refractivity contribution in [3.8, 4) is 0 Å². The smallest absolute Gasteiger partial charge is 0.290 e. The van der Waals surface area contributed by atoms with Crippen LogP contribution in [-0.4, -0.2) is 54.3 Å². The monoisotopic (exact) mass is 457 g/mol. The number of nitrogens with one attached hydrogen (secondary N) is 1. The van der Waals surface area contributed by atoms with Crippen LogP contribution in [0.2, 0.25) is 0 Å². The molecule has 0 radical (unpaired) electrons. The van der Waals surface area contributed by atoms with E-state index in [1.807, 2.05) is 54.4 Å². The summed E-state index contributed by atoms with van der Waals surface area (Å²) in [6.07, 6.45) is 1.58. The Kier molecular flexibility index (Phi) is 6.50. The number of rotatable bonds is 6.